The van der Waals surface area contributed by atoms with Gasteiger partial charge < -0.3 is 15.7 Å². The maximum atomic E-state index is 13.6. The Kier molecular flexibility index (Phi) is 7.57. The average Bonchev–Trinajstić information content (AvgIpc) is 2.81. The molecule has 1 fully saturated rings. The number of piperidine rings is 1. The third-order valence-corrected chi connectivity index (χ3v) is 7.62. The number of aromatic hydroxyl groups is 1. The van der Waals surface area contributed by atoms with E-state index in [4.69, 9.17) is 11.1 Å². The van der Waals surface area contributed by atoms with Crippen LogP contribution in [0.25, 0.3) is 0 Å². The molecule has 1 amide bonds. The number of likely N-dealkylation sites (tertiary alicyclic amines) is 1. The Morgan fingerprint density at radius 2 is 1.79 bits per heavy atom. The first kappa shape index (κ1) is 24.3. The number of unbranched alkanes of at least 4 members (excludes halogenated alkanes) is 2. The van der Waals surface area contributed by atoms with Crippen LogP contribution < -0.4 is 10.6 Å². The summed E-state index contributed by atoms with van der Waals surface area (Å²) in [5, 5.41) is 17.9. The van der Waals surface area contributed by atoms with Crippen LogP contribution in [-0.4, -0.2) is 46.9 Å². The van der Waals surface area contributed by atoms with Crippen molar-refractivity contribution in [2.75, 3.05) is 18.0 Å². The van der Waals surface area contributed by atoms with Crippen LogP contribution in [0.2, 0.25) is 0 Å². The molecule has 182 valence electrons. The molecule has 2 aliphatic heterocycles. The topological polar surface area (TPSA) is 93.7 Å². The van der Waals surface area contributed by atoms with Gasteiger partial charge in [-0.1, -0.05) is 37.1 Å². The number of rotatable bonds is 8. The summed E-state index contributed by atoms with van der Waals surface area (Å²) in [7, 11) is 0. The highest BCUT2D eigenvalue weighted by Crippen LogP contribution is 2.38. The monoisotopic (exact) mass is 462 g/mol. The van der Waals surface area contributed by atoms with Crippen LogP contribution in [0.5, 0.6) is 5.75 Å². The van der Waals surface area contributed by atoms with Crippen molar-refractivity contribution in [1.82, 2.24) is 4.90 Å². The van der Waals surface area contributed by atoms with Crippen molar-refractivity contribution in [2.24, 2.45) is 5.73 Å². The SMILES string of the molecule is CC1CCCC(C)N1CCCCCN1C(=O)C(c2cccc(C(=N)N)c2)Cc2ccc(O)cc21. The van der Waals surface area contributed by atoms with Crippen molar-refractivity contribution in [3.8, 4) is 5.75 Å². The Bertz CT molecular complexity index is 1030. The Hall–Kier alpha value is -2.86. The minimum Gasteiger partial charge on any atom is -0.508 e. The number of benzene rings is 2. The lowest BCUT2D eigenvalue weighted by molar-refractivity contribution is -0.120. The Balaban J connectivity index is 1.45. The Morgan fingerprint density at radius 1 is 1.06 bits per heavy atom. The van der Waals surface area contributed by atoms with Gasteiger partial charge in [-0.3, -0.25) is 15.1 Å². The van der Waals surface area contributed by atoms with Crippen LogP contribution in [0.4, 0.5) is 5.69 Å². The fraction of sp³-hybridized carbons (Fsp3) is 0.500. The highest BCUT2D eigenvalue weighted by atomic mass is 16.3. The molecule has 0 bridgehead atoms. The summed E-state index contributed by atoms with van der Waals surface area (Å²) in [5.74, 6) is -0.0743. The average molecular weight is 463 g/mol. The molecule has 2 aliphatic rings. The second-order valence-electron chi connectivity index (χ2n) is 10.0. The minimum absolute atomic E-state index is 0.00429. The predicted octanol–water partition coefficient (Wildman–Crippen LogP) is 4.78. The summed E-state index contributed by atoms with van der Waals surface area (Å²) >= 11 is 0. The van der Waals surface area contributed by atoms with Gasteiger partial charge in [0.15, 0.2) is 0 Å². The van der Waals surface area contributed by atoms with Crippen LogP contribution >= 0.6 is 0 Å². The first-order chi connectivity index (χ1) is 16.3. The van der Waals surface area contributed by atoms with E-state index in [1.165, 1.54) is 19.3 Å². The molecule has 4 N–H and O–H groups in total. The molecule has 1 saturated heterocycles. The lowest BCUT2D eigenvalue weighted by atomic mass is 9.85. The molecule has 3 unspecified atom stereocenters. The molecule has 2 aromatic carbocycles. The van der Waals surface area contributed by atoms with Crippen molar-refractivity contribution in [1.29, 1.82) is 5.41 Å². The molecule has 4 rings (SSSR count). The molecular formula is C28H38N4O2. The quantitative estimate of drug-likeness (QED) is 0.299. The van der Waals surface area contributed by atoms with Gasteiger partial charge in [0, 0.05) is 30.3 Å². The summed E-state index contributed by atoms with van der Waals surface area (Å²) < 4.78 is 0. The largest absolute Gasteiger partial charge is 0.508 e. The number of carbonyl (C=O) groups excluding carboxylic acids is 1. The van der Waals surface area contributed by atoms with Crippen LogP contribution in [0.15, 0.2) is 42.5 Å². The van der Waals surface area contributed by atoms with Crippen molar-refractivity contribution < 1.29 is 9.90 Å². The standard InChI is InChI=1S/C28H38N4O2/c1-19-8-6-9-20(2)31(19)14-4-3-5-15-32-26-18-24(33)13-12-22(26)17-25(28(32)34)21-10-7-11-23(16-21)27(29)30/h7,10-13,16,18-20,25,33H,3-6,8-9,14-15,17H2,1-2H3,(H3,29,30). The van der Waals surface area contributed by atoms with E-state index in [0.717, 1.165) is 42.6 Å². The van der Waals surface area contributed by atoms with E-state index >= 15 is 0 Å². The zero-order valence-corrected chi connectivity index (χ0v) is 20.5. The number of amidine groups is 1. The number of fused-ring (bicyclic) bond motifs is 1. The molecule has 0 aromatic heterocycles. The van der Waals surface area contributed by atoms with Crippen LogP contribution in [0.3, 0.4) is 0 Å². The van der Waals surface area contributed by atoms with Gasteiger partial charge in [0.25, 0.3) is 0 Å². The van der Waals surface area contributed by atoms with Gasteiger partial charge in [0.05, 0.1) is 11.6 Å². The van der Waals surface area contributed by atoms with E-state index in [0.29, 0.717) is 30.6 Å². The van der Waals surface area contributed by atoms with Gasteiger partial charge in [0.1, 0.15) is 11.6 Å². The lowest BCUT2D eigenvalue weighted by Crippen LogP contribution is -2.44. The van der Waals surface area contributed by atoms with Gasteiger partial charge >= 0.3 is 0 Å². The number of nitrogens with zero attached hydrogens (tertiary/aromatic N) is 2. The van der Waals surface area contributed by atoms with E-state index in [1.807, 2.05) is 29.2 Å². The van der Waals surface area contributed by atoms with Gasteiger partial charge in [-0.15, -0.1) is 0 Å². The second-order valence-corrected chi connectivity index (χ2v) is 10.0. The Labute approximate surface area is 203 Å². The summed E-state index contributed by atoms with van der Waals surface area (Å²) in [6.07, 6.45) is 7.62. The van der Waals surface area contributed by atoms with E-state index in [2.05, 4.69) is 18.7 Å². The Morgan fingerprint density at radius 3 is 2.53 bits per heavy atom. The van der Waals surface area contributed by atoms with Crippen LogP contribution in [-0.2, 0) is 11.2 Å². The van der Waals surface area contributed by atoms with E-state index in [-0.39, 0.29) is 23.4 Å². The number of nitrogens with one attached hydrogen (secondary N) is 1. The summed E-state index contributed by atoms with van der Waals surface area (Å²) in [4.78, 5) is 18.1. The second kappa shape index (κ2) is 10.6. The first-order valence-corrected chi connectivity index (χ1v) is 12.7. The number of nitrogen functional groups attached to an aromatic ring is 1. The molecule has 0 radical (unpaired) electrons. The summed E-state index contributed by atoms with van der Waals surface area (Å²) in [6.45, 7) is 6.44. The maximum Gasteiger partial charge on any atom is 0.234 e. The molecule has 3 atom stereocenters. The molecule has 0 aliphatic carbocycles. The van der Waals surface area contributed by atoms with Crippen molar-refractivity contribution in [3.63, 3.8) is 0 Å². The lowest BCUT2D eigenvalue weighted by Gasteiger charge is -2.39. The van der Waals surface area contributed by atoms with E-state index in [9.17, 15) is 9.90 Å². The van der Waals surface area contributed by atoms with Gasteiger partial charge in [-0.2, -0.15) is 0 Å². The number of phenols is 1. The molecular weight excluding hydrogens is 424 g/mol. The number of carbonyl (C=O) groups is 1. The van der Waals surface area contributed by atoms with Gasteiger partial charge in [0.2, 0.25) is 5.91 Å². The highest BCUT2D eigenvalue weighted by Gasteiger charge is 2.34. The molecule has 34 heavy (non-hydrogen) atoms. The molecule has 0 saturated carbocycles. The number of nitrogens with two attached hydrogens (primary N) is 1. The third-order valence-electron chi connectivity index (χ3n) is 7.62. The molecule has 6 nitrogen and oxygen atoms in total. The fourth-order valence-corrected chi connectivity index (χ4v) is 5.66. The number of hydrogen-bond acceptors (Lipinski definition) is 4. The number of phenolic OH excluding ortho intramolecular Hbond substituents is 1. The minimum atomic E-state index is -0.314. The number of amides is 1. The molecule has 6 heteroatoms. The van der Waals surface area contributed by atoms with Crippen molar-refractivity contribution in [3.05, 3.63) is 59.2 Å². The van der Waals surface area contributed by atoms with Gasteiger partial charge in [-0.05, 0) is 75.8 Å². The van der Waals surface area contributed by atoms with Gasteiger partial charge in [-0.25, -0.2) is 0 Å². The van der Waals surface area contributed by atoms with Crippen molar-refractivity contribution in [2.45, 2.75) is 76.8 Å². The summed E-state index contributed by atoms with van der Waals surface area (Å²) in [6, 6.07) is 14.1. The molecule has 0 spiro atoms. The molecule has 2 heterocycles. The fourth-order valence-electron chi connectivity index (χ4n) is 5.66. The summed E-state index contributed by atoms with van der Waals surface area (Å²) in [5.41, 5.74) is 9.09. The van der Waals surface area contributed by atoms with E-state index in [1.54, 1.807) is 18.2 Å². The van der Waals surface area contributed by atoms with Crippen LogP contribution in [0.1, 0.15) is 75.0 Å². The number of anilines is 1. The smallest absolute Gasteiger partial charge is 0.234 e. The zero-order valence-electron chi connectivity index (χ0n) is 20.5. The highest BCUT2D eigenvalue weighted by molar-refractivity contribution is 6.02. The number of hydrogen-bond donors (Lipinski definition) is 3. The third kappa shape index (κ3) is 5.27. The zero-order chi connectivity index (χ0) is 24.2. The normalized spacial score (nSPS) is 23.1. The maximum absolute atomic E-state index is 13.6. The molecule has 2 aromatic rings. The van der Waals surface area contributed by atoms with Crippen LogP contribution in [0, 0.1) is 5.41 Å². The predicted molar refractivity (Wildman–Crippen MR) is 138 cm³/mol. The first-order valence-electron chi connectivity index (χ1n) is 12.7. The van der Waals surface area contributed by atoms with E-state index < -0.39 is 0 Å². The van der Waals surface area contributed by atoms with Crippen molar-refractivity contribution >= 4 is 17.4 Å².